The van der Waals surface area contributed by atoms with Crippen molar-refractivity contribution in [2.45, 2.75) is 19.8 Å². The largest absolute Gasteiger partial charge is 0.480 e. The van der Waals surface area contributed by atoms with E-state index in [1.807, 2.05) is 0 Å². The molecule has 1 atom stereocenters. The molecule has 1 aliphatic rings. The number of ether oxygens (including phenoxy) is 1. The summed E-state index contributed by atoms with van der Waals surface area (Å²) in [5.74, 6) is -1.27. The molecule has 80 valence electrons. The van der Waals surface area contributed by atoms with Gasteiger partial charge in [-0.25, -0.2) is 0 Å². The first-order chi connectivity index (χ1) is 6.54. The van der Waals surface area contributed by atoms with E-state index in [2.05, 4.69) is 5.32 Å². The molecule has 0 aromatic rings. The molecule has 0 aromatic carbocycles. The van der Waals surface area contributed by atoms with Gasteiger partial charge in [0, 0.05) is 6.61 Å². The number of rotatable bonds is 3. The summed E-state index contributed by atoms with van der Waals surface area (Å²) in [6, 6.07) is 0. The second-order valence-corrected chi connectivity index (χ2v) is 3.79. The van der Waals surface area contributed by atoms with E-state index in [0.29, 0.717) is 13.2 Å². The lowest BCUT2D eigenvalue weighted by Gasteiger charge is -2.31. The number of aliphatic carboxylic acids is 1. The molecular weight excluding hydrogens is 186 g/mol. The van der Waals surface area contributed by atoms with Crippen LogP contribution >= 0.6 is 0 Å². The zero-order chi connectivity index (χ0) is 10.6. The van der Waals surface area contributed by atoms with Gasteiger partial charge in [0.2, 0.25) is 5.91 Å². The van der Waals surface area contributed by atoms with Crippen molar-refractivity contribution in [1.29, 1.82) is 0 Å². The predicted octanol–water partition coefficient (Wildman–Crippen LogP) is 0.00390. The van der Waals surface area contributed by atoms with Crippen molar-refractivity contribution in [3.63, 3.8) is 0 Å². The molecule has 5 nitrogen and oxygen atoms in total. The zero-order valence-corrected chi connectivity index (χ0v) is 8.21. The maximum atomic E-state index is 11.6. The lowest BCUT2D eigenvalue weighted by Crippen LogP contribution is -2.45. The molecular formula is C9H15NO4. The summed E-state index contributed by atoms with van der Waals surface area (Å²) in [4.78, 5) is 21.8. The lowest BCUT2D eigenvalue weighted by molar-refractivity contribution is -0.143. The Morgan fingerprint density at radius 3 is 2.79 bits per heavy atom. The Kier molecular flexibility index (Phi) is 3.46. The van der Waals surface area contributed by atoms with Gasteiger partial charge in [-0.1, -0.05) is 0 Å². The Hall–Kier alpha value is -1.10. The summed E-state index contributed by atoms with van der Waals surface area (Å²) in [6.07, 6.45) is 1.59. The van der Waals surface area contributed by atoms with Gasteiger partial charge in [0.1, 0.15) is 6.54 Å². The van der Waals surface area contributed by atoms with Gasteiger partial charge >= 0.3 is 5.97 Å². The summed E-state index contributed by atoms with van der Waals surface area (Å²) in [5, 5.41) is 10.8. The summed E-state index contributed by atoms with van der Waals surface area (Å²) < 4.78 is 5.20. The topological polar surface area (TPSA) is 75.6 Å². The van der Waals surface area contributed by atoms with Gasteiger partial charge < -0.3 is 15.2 Å². The summed E-state index contributed by atoms with van der Waals surface area (Å²) >= 11 is 0. The highest BCUT2D eigenvalue weighted by molar-refractivity contribution is 5.85. The number of hydrogen-bond donors (Lipinski definition) is 2. The summed E-state index contributed by atoms with van der Waals surface area (Å²) in [6.45, 7) is 2.53. The monoisotopic (exact) mass is 201 g/mol. The van der Waals surface area contributed by atoms with Crippen molar-refractivity contribution in [3.8, 4) is 0 Å². The van der Waals surface area contributed by atoms with Crippen molar-refractivity contribution in [3.05, 3.63) is 0 Å². The molecule has 0 radical (unpaired) electrons. The molecule has 0 saturated carbocycles. The second-order valence-electron chi connectivity index (χ2n) is 3.79. The van der Waals surface area contributed by atoms with Gasteiger partial charge in [0.05, 0.1) is 12.0 Å². The van der Waals surface area contributed by atoms with E-state index in [9.17, 15) is 9.59 Å². The van der Waals surface area contributed by atoms with Crippen molar-refractivity contribution < 1.29 is 19.4 Å². The molecule has 1 heterocycles. The number of carboxylic acid groups (broad SMARTS) is 1. The Morgan fingerprint density at radius 2 is 2.29 bits per heavy atom. The molecule has 0 spiro atoms. The van der Waals surface area contributed by atoms with Gasteiger partial charge in [-0.05, 0) is 19.8 Å². The van der Waals surface area contributed by atoms with Crippen LogP contribution in [-0.4, -0.2) is 36.7 Å². The van der Waals surface area contributed by atoms with Crippen LogP contribution in [0, 0.1) is 5.41 Å². The molecule has 1 amide bonds. The zero-order valence-electron chi connectivity index (χ0n) is 8.21. The first-order valence-electron chi connectivity index (χ1n) is 4.62. The SMILES string of the molecule is CC1(C(=O)NCC(=O)O)CCCOC1. The first-order valence-corrected chi connectivity index (χ1v) is 4.62. The fourth-order valence-corrected chi connectivity index (χ4v) is 1.48. The van der Waals surface area contributed by atoms with Gasteiger partial charge in [0.25, 0.3) is 0 Å². The molecule has 1 unspecified atom stereocenters. The van der Waals surface area contributed by atoms with Crippen LogP contribution in [0.1, 0.15) is 19.8 Å². The molecule has 0 aliphatic carbocycles. The van der Waals surface area contributed by atoms with E-state index in [-0.39, 0.29) is 12.5 Å². The molecule has 14 heavy (non-hydrogen) atoms. The van der Waals surface area contributed by atoms with E-state index in [4.69, 9.17) is 9.84 Å². The van der Waals surface area contributed by atoms with Crippen LogP contribution < -0.4 is 5.32 Å². The highest BCUT2D eigenvalue weighted by Gasteiger charge is 2.35. The van der Waals surface area contributed by atoms with E-state index < -0.39 is 11.4 Å². The second kappa shape index (κ2) is 4.41. The summed E-state index contributed by atoms with van der Waals surface area (Å²) in [5.41, 5.74) is -0.562. The molecule has 1 fully saturated rings. The molecule has 1 rings (SSSR count). The quantitative estimate of drug-likeness (QED) is 0.674. The number of carboxylic acids is 1. The normalized spacial score (nSPS) is 26.9. The first kappa shape index (κ1) is 11.0. The maximum absolute atomic E-state index is 11.6. The lowest BCUT2D eigenvalue weighted by atomic mass is 9.84. The number of carbonyl (C=O) groups is 2. The van der Waals surface area contributed by atoms with Gasteiger partial charge in [-0.3, -0.25) is 9.59 Å². The van der Waals surface area contributed by atoms with Crippen molar-refractivity contribution in [2.24, 2.45) is 5.41 Å². The fraction of sp³-hybridized carbons (Fsp3) is 0.778. The standard InChI is InChI=1S/C9H15NO4/c1-9(3-2-4-14-6-9)8(13)10-5-7(11)12/h2-6H2,1H3,(H,10,13)(H,11,12). The third-order valence-electron chi connectivity index (χ3n) is 2.39. The van der Waals surface area contributed by atoms with Crippen molar-refractivity contribution in [1.82, 2.24) is 5.32 Å². The molecule has 1 saturated heterocycles. The fourth-order valence-electron chi connectivity index (χ4n) is 1.48. The van der Waals surface area contributed by atoms with Crippen molar-refractivity contribution in [2.75, 3.05) is 19.8 Å². The highest BCUT2D eigenvalue weighted by Crippen LogP contribution is 2.27. The van der Waals surface area contributed by atoms with Crippen LogP contribution in [0.15, 0.2) is 0 Å². The average molecular weight is 201 g/mol. The molecule has 1 aliphatic heterocycles. The van der Waals surface area contributed by atoms with E-state index >= 15 is 0 Å². The Bertz CT molecular complexity index is 233. The van der Waals surface area contributed by atoms with Crippen LogP contribution in [-0.2, 0) is 14.3 Å². The van der Waals surface area contributed by atoms with E-state index in [1.54, 1.807) is 6.92 Å². The van der Waals surface area contributed by atoms with Gasteiger partial charge in [0.15, 0.2) is 0 Å². The minimum atomic E-state index is -1.03. The Balaban J connectivity index is 2.45. The van der Waals surface area contributed by atoms with E-state index in [1.165, 1.54) is 0 Å². The Morgan fingerprint density at radius 1 is 1.57 bits per heavy atom. The minimum absolute atomic E-state index is 0.236. The molecule has 2 N–H and O–H groups in total. The van der Waals surface area contributed by atoms with Crippen LogP contribution in [0.25, 0.3) is 0 Å². The molecule has 0 aromatic heterocycles. The van der Waals surface area contributed by atoms with Crippen LogP contribution in [0.4, 0.5) is 0 Å². The number of nitrogens with one attached hydrogen (secondary N) is 1. The van der Waals surface area contributed by atoms with Crippen LogP contribution in [0.5, 0.6) is 0 Å². The van der Waals surface area contributed by atoms with Crippen LogP contribution in [0.2, 0.25) is 0 Å². The third-order valence-corrected chi connectivity index (χ3v) is 2.39. The van der Waals surface area contributed by atoms with Crippen LogP contribution in [0.3, 0.4) is 0 Å². The molecule has 5 heteroatoms. The molecule has 0 bridgehead atoms. The predicted molar refractivity (Wildman–Crippen MR) is 48.8 cm³/mol. The minimum Gasteiger partial charge on any atom is -0.480 e. The van der Waals surface area contributed by atoms with Gasteiger partial charge in [-0.15, -0.1) is 0 Å². The Labute approximate surface area is 82.4 Å². The number of carbonyl (C=O) groups excluding carboxylic acids is 1. The van der Waals surface area contributed by atoms with Gasteiger partial charge in [-0.2, -0.15) is 0 Å². The smallest absolute Gasteiger partial charge is 0.322 e. The number of hydrogen-bond acceptors (Lipinski definition) is 3. The summed E-state index contributed by atoms with van der Waals surface area (Å²) in [7, 11) is 0. The van der Waals surface area contributed by atoms with Crippen molar-refractivity contribution >= 4 is 11.9 Å². The third kappa shape index (κ3) is 2.70. The maximum Gasteiger partial charge on any atom is 0.322 e. The van der Waals surface area contributed by atoms with E-state index in [0.717, 1.165) is 12.8 Å². The average Bonchev–Trinajstić information content (AvgIpc) is 2.15. The highest BCUT2D eigenvalue weighted by atomic mass is 16.5. The number of amides is 1.